The number of ether oxygens (including phenoxy) is 1. The smallest absolute Gasteiger partial charge is 0.414 e. The number of halogens is 2. The second kappa shape index (κ2) is 11.3. The number of cyclic esters (lactones) is 1. The topological polar surface area (TPSA) is 67.8 Å². The summed E-state index contributed by atoms with van der Waals surface area (Å²) in [6.07, 6.45) is -0.373. The number of carbonyl (C=O) groups is 1. The van der Waals surface area contributed by atoms with Crippen LogP contribution in [0.2, 0.25) is 0 Å². The minimum atomic E-state index is -0.875. The lowest BCUT2D eigenvalue weighted by Gasteiger charge is -2.15. The zero-order chi connectivity index (χ0) is 20.6. The first-order valence-electron chi connectivity index (χ1n) is 9.26. The van der Waals surface area contributed by atoms with Crippen LogP contribution in [0.1, 0.15) is 34.1 Å². The lowest BCUT2D eigenvalue weighted by Crippen LogP contribution is -2.27. The predicted octanol–water partition coefficient (Wildman–Crippen LogP) is 3.60. The molecule has 3 unspecified atom stereocenters. The fraction of sp³-hybridized carbons (Fsp3) is 0.611. The number of benzene rings is 1. The molecule has 1 aromatic carbocycles. The van der Waals surface area contributed by atoms with Crippen LogP contribution < -0.4 is 15.5 Å². The second-order valence-corrected chi connectivity index (χ2v) is 5.89. The molecular weight excluding hydrogens is 376 g/mol. The van der Waals surface area contributed by atoms with Crippen LogP contribution in [0.3, 0.4) is 0 Å². The highest BCUT2D eigenvalue weighted by atomic mass is 32.1. The average molecular weight is 406 g/mol. The fourth-order valence-corrected chi connectivity index (χ4v) is 2.72. The van der Waals surface area contributed by atoms with Gasteiger partial charge in [0.2, 0.25) is 5.75 Å². The Morgan fingerprint density at radius 2 is 1.81 bits per heavy atom. The minimum Gasteiger partial charge on any atom is -0.443 e. The lowest BCUT2D eigenvalue weighted by atomic mass is 10.2. The summed E-state index contributed by atoms with van der Waals surface area (Å²) in [5, 5.41) is 1.49. The van der Waals surface area contributed by atoms with Crippen molar-refractivity contribution in [2.75, 3.05) is 30.3 Å². The van der Waals surface area contributed by atoms with E-state index in [1.165, 1.54) is 5.06 Å². The minimum absolute atomic E-state index is 0.0750. The molecule has 2 saturated heterocycles. The number of nitrogens with two attached hydrogens (primary N) is 1. The normalized spacial score (nSPS) is 22.9. The number of rotatable bonds is 6. The zero-order valence-electron chi connectivity index (χ0n) is 16.2. The molecule has 0 aromatic heterocycles. The van der Waals surface area contributed by atoms with Crippen LogP contribution in [0.5, 0.6) is 5.75 Å². The maximum atomic E-state index is 14.2. The van der Waals surface area contributed by atoms with E-state index >= 15 is 0 Å². The number of amides is 1. The van der Waals surface area contributed by atoms with Crippen LogP contribution in [0.25, 0.3) is 0 Å². The Labute approximate surface area is 164 Å². The highest BCUT2D eigenvalue weighted by Gasteiger charge is 2.38. The number of thiol groups is 1. The number of hydrogen-bond acceptors (Lipinski definition) is 6. The van der Waals surface area contributed by atoms with Crippen molar-refractivity contribution in [3.8, 4) is 5.75 Å². The Kier molecular flexibility index (Phi) is 9.82. The molecule has 1 aromatic rings. The SMILES string of the molecule is CC.CC.NCC1CN(c2cc(F)c(ON3CC3CCS)c(F)c2)C(=O)O1. The Morgan fingerprint density at radius 3 is 2.30 bits per heavy atom. The summed E-state index contributed by atoms with van der Waals surface area (Å²) in [6, 6.07) is 2.23. The number of nitrogens with zero attached hydrogens (tertiary/aromatic N) is 2. The van der Waals surface area contributed by atoms with Crippen LogP contribution in [0.4, 0.5) is 19.3 Å². The summed E-state index contributed by atoms with van der Waals surface area (Å²) in [6.45, 7) is 8.91. The molecule has 2 aliphatic rings. The van der Waals surface area contributed by atoms with Crippen LogP contribution in [0, 0.1) is 11.6 Å². The summed E-state index contributed by atoms with van der Waals surface area (Å²) >= 11 is 4.11. The molecule has 0 saturated carbocycles. The van der Waals surface area contributed by atoms with Gasteiger partial charge in [-0.3, -0.25) is 4.90 Å². The molecule has 2 N–H and O–H groups in total. The Hall–Kier alpha value is -1.58. The van der Waals surface area contributed by atoms with Gasteiger partial charge in [-0.2, -0.15) is 12.6 Å². The first kappa shape index (κ1) is 23.5. The molecule has 2 aliphatic heterocycles. The van der Waals surface area contributed by atoms with Crippen molar-refractivity contribution in [2.24, 2.45) is 5.73 Å². The third kappa shape index (κ3) is 5.95. The summed E-state index contributed by atoms with van der Waals surface area (Å²) in [4.78, 5) is 18.1. The van der Waals surface area contributed by atoms with Gasteiger partial charge >= 0.3 is 6.09 Å². The molecule has 3 rings (SSSR count). The summed E-state index contributed by atoms with van der Waals surface area (Å²) < 4.78 is 33.3. The van der Waals surface area contributed by atoms with E-state index in [1.807, 2.05) is 27.7 Å². The maximum absolute atomic E-state index is 14.2. The monoisotopic (exact) mass is 405 g/mol. The third-order valence-electron chi connectivity index (χ3n) is 3.77. The number of carbonyl (C=O) groups excluding carboxylic acids is 1. The van der Waals surface area contributed by atoms with E-state index < -0.39 is 29.6 Å². The highest BCUT2D eigenvalue weighted by Crippen LogP contribution is 2.33. The van der Waals surface area contributed by atoms with Gasteiger partial charge in [0.25, 0.3) is 0 Å². The molecule has 6 nitrogen and oxygen atoms in total. The van der Waals surface area contributed by atoms with Crippen molar-refractivity contribution >= 4 is 24.4 Å². The highest BCUT2D eigenvalue weighted by molar-refractivity contribution is 7.80. The van der Waals surface area contributed by atoms with Gasteiger partial charge in [0.15, 0.2) is 11.6 Å². The van der Waals surface area contributed by atoms with Gasteiger partial charge < -0.3 is 15.3 Å². The van der Waals surface area contributed by atoms with Crippen LogP contribution in [0.15, 0.2) is 12.1 Å². The maximum Gasteiger partial charge on any atom is 0.414 e. The number of hydrogen-bond donors (Lipinski definition) is 2. The molecule has 154 valence electrons. The third-order valence-corrected chi connectivity index (χ3v) is 4.03. The first-order valence-corrected chi connectivity index (χ1v) is 9.89. The van der Waals surface area contributed by atoms with E-state index in [0.717, 1.165) is 23.5 Å². The van der Waals surface area contributed by atoms with E-state index in [9.17, 15) is 13.6 Å². The largest absolute Gasteiger partial charge is 0.443 e. The van der Waals surface area contributed by atoms with Gasteiger partial charge in [-0.15, -0.1) is 5.06 Å². The molecular formula is C18H29F2N3O3S. The van der Waals surface area contributed by atoms with Crippen molar-refractivity contribution in [3.63, 3.8) is 0 Å². The summed E-state index contributed by atoms with van der Waals surface area (Å²) in [7, 11) is 0. The van der Waals surface area contributed by atoms with Gasteiger partial charge in [0.05, 0.1) is 24.8 Å². The second-order valence-electron chi connectivity index (χ2n) is 5.45. The lowest BCUT2D eigenvalue weighted by molar-refractivity contribution is 0.0417. The van der Waals surface area contributed by atoms with Gasteiger partial charge in [0, 0.05) is 18.7 Å². The van der Waals surface area contributed by atoms with Crippen molar-refractivity contribution in [1.29, 1.82) is 0 Å². The van der Waals surface area contributed by atoms with Gasteiger partial charge in [-0.25, -0.2) is 13.6 Å². The Morgan fingerprint density at radius 1 is 1.22 bits per heavy atom. The van der Waals surface area contributed by atoms with E-state index in [2.05, 4.69) is 12.6 Å². The summed E-state index contributed by atoms with van der Waals surface area (Å²) in [5.74, 6) is -1.55. The number of hydroxylamine groups is 2. The first-order chi connectivity index (χ1) is 13.0. The molecule has 0 aliphatic carbocycles. The van der Waals surface area contributed by atoms with Gasteiger partial charge in [-0.1, -0.05) is 27.7 Å². The average Bonchev–Trinajstić information content (AvgIpc) is 3.30. The predicted molar refractivity (Wildman–Crippen MR) is 105 cm³/mol. The molecule has 0 spiro atoms. The van der Waals surface area contributed by atoms with E-state index in [4.69, 9.17) is 15.3 Å². The van der Waals surface area contributed by atoms with Gasteiger partial charge in [0.1, 0.15) is 6.10 Å². The van der Waals surface area contributed by atoms with Crippen molar-refractivity contribution in [1.82, 2.24) is 5.06 Å². The Bertz CT molecular complexity index is 599. The molecule has 2 fully saturated rings. The van der Waals surface area contributed by atoms with Gasteiger partial charge in [-0.05, 0) is 12.2 Å². The van der Waals surface area contributed by atoms with E-state index in [-0.39, 0.29) is 24.8 Å². The van der Waals surface area contributed by atoms with Crippen molar-refractivity contribution < 1.29 is 23.1 Å². The molecule has 27 heavy (non-hydrogen) atoms. The molecule has 2 heterocycles. The molecule has 9 heteroatoms. The summed E-state index contributed by atoms with van der Waals surface area (Å²) in [5.41, 5.74) is 5.51. The molecule has 0 bridgehead atoms. The van der Waals surface area contributed by atoms with Crippen molar-refractivity contribution in [2.45, 2.75) is 46.3 Å². The van der Waals surface area contributed by atoms with Crippen LogP contribution in [-0.4, -0.2) is 48.7 Å². The Balaban J connectivity index is 0.000000855. The number of anilines is 1. The fourth-order valence-electron chi connectivity index (χ4n) is 2.42. The zero-order valence-corrected chi connectivity index (χ0v) is 17.1. The standard InChI is InChI=1S/C14H17F2N3O3S.2C2H6/c15-11-3-9(18-7-10(5-17)21-14(18)20)4-12(16)13(11)22-19-6-8(19)1-2-23;2*1-2/h3-4,8,10,23H,1-2,5-7,17H2;2*1-2H3. The van der Waals surface area contributed by atoms with E-state index in [1.54, 1.807) is 0 Å². The van der Waals surface area contributed by atoms with Crippen LogP contribution in [-0.2, 0) is 4.74 Å². The quantitative estimate of drug-likeness (QED) is 0.559. The van der Waals surface area contributed by atoms with Crippen molar-refractivity contribution in [3.05, 3.63) is 23.8 Å². The molecule has 1 amide bonds. The van der Waals surface area contributed by atoms with E-state index in [0.29, 0.717) is 12.3 Å². The molecule has 0 radical (unpaired) electrons. The van der Waals surface area contributed by atoms with Crippen LogP contribution >= 0.6 is 12.6 Å². The molecule has 3 atom stereocenters.